The van der Waals surface area contributed by atoms with Crippen molar-refractivity contribution in [3.05, 3.63) is 34.2 Å². The molecule has 0 amide bonds. The highest BCUT2D eigenvalue weighted by Gasteiger charge is 2.28. The van der Waals surface area contributed by atoms with Crippen LogP contribution in [0.15, 0.2) is 23.1 Å². The van der Waals surface area contributed by atoms with Gasteiger partial charge in [-0.2, -0.15) is 0 Å². The number of hydrogen-bond donors (Lipinski definition) is 1. The van der Waals surface area contributed by atoms with Gasteiger partial charge in [-0.1, -0.05) is 6.92 Å². The summed E-state index contributed by atoms with van der Waals surface area (Å²) in [5.74, 6) is 0.162. The van der Waals surface area contributed by atoms with Gasteiger partial charge in [0.05, 0.1) is 5.56 Å². The summed E-state index contributed by atoms with van der Waals surface area (Å²) in [6.07, 6.45) is 3.90. The Hall–Kier alpha value is -1.58. The molecule has 1 aromatic heterocycles. The van der Waals surface area contributed by atoms with Gasteiger partial charge in [0.1, 0.15) is 0 Å². The van der Waals surface area contributed by atoms with Gasteiger partial charge in [-0.25, -0.2) is 4.79 Å². The lowest BCUT2D eigenvalue weighted by atomic mass is 10.1. The van der Waals surface area contributed by atoms with Crippen LogP contribution >= 0.6 is 0 Å². The Morgan fingerprint density at radius 1 is 1.56 bits per heavy atom. The van der Waals surface area contributed by atoms with Crippen LogP contribution in [0.2, 0.25) is 0 Å². The molecule has 0 saturated heterocycles. The number of aromatic nitrogens is 1. The number of carbonyl (C=O) groups is 1. The summed E-state index contributed by atoms with van der Waals surface area (Å²) in [5, 5.41) is 8.84. The second-order valence-electron chi connectivity index (χ2n) is 4.53. The van der Waals surface area contributed by atoms with Crippen molar-refractivity contribution in [2.24, 2.45) is 11.8 Å². The number of aromatic carboxylic acids is 1. The van der Waals surface area contributed by atoms with E-state index in [9.17, 15) is 9.59 Å². The zero-order valence-electron chi connectivity index (χ0n) is 9.22. The molecule has 0 radical (unpaired) electrons. The van der Waals surface area contributed by atoms with Gasteiger partial charge < -0.3 is 9.67 Å². The van der Waals surface area contributed by atoms with E-state index in [0.717, 1.165) is 0 Å². The first kappa shape index (κ1) is 10.9. The highest BCUT2D eigenvalue weighted by atomic mass is 16.4. The highest BCUT2D eigenvalue weighted by Crippen LogP contribution is 2.37. The summed E-state index contributed by atoms with van der Waals surface area (Å²) < 4.78 is 1.51. The van der Waals surface area contributed by atoms with E-state index in [1.54, 1.807) is 0 Å². The Labute approximate surface area is 93.5 Å². The van der Waals surface area contributed by atoms with Gasteiger partial charge in [-0.3, -0.25) is 4.79 Å². The van der Waals surface area contributed by atoms with E-state index in [1.165, 1.54) is 35.7 Å². The fourth-order valence-corrected chi connectivity index (χ4v) is 1.93. The van der Waals surface area contributed by atoms with Crippen molar-refractivity contribution in [2.45, 2.75) is 26.3 Å². The number of rotatable bonds is 4. The number of nitrogens with zero attached hydrogens (tertiary/aromatic N) is 1. The van der Waals surface area contributed by atoms with E-state index < -0.39 is 5.97 Å². The standard InChI is InChI=1S/C12H15NO3/c1-8(9-2-3-9)6-13-7-10(12(15)16)4-5-11(13)14/h4-5,7-9H,2-3,6H2,1H3,(H,15,16). The van der Waals surface area contributed by atoms with Crippen LogP contribution in [0.1, 0.15) is 30.1 Å². The predicted molar refractivity (Wildman–Crippen MR) is 59.5 cm³/mol. The maximum atomic E-state index is 11.5. The highest BCUT2D eigenvalue weighted by molar-refractivity contribution is 5.87. The van der Waals surface area contributed by atoms with Gasteiger partial charge in [0.15, 0.2) is 0 Å². The monoisotopic (exact) mass is 221 g/mol. The molecule has 4 nitrogen and oxygen atoms in total. The van der Waals surface area contributed by atoms with Crippen LogP contribution in [-0.2, 0) is 6.54 Å². The van der Waals surface area contributed by atoms with Gasteiger partial charge in [0.25, 0.3) is 5.56 Å². The molecule has 2 rings (SSSR count). The number of pyridine rings is 1. The summed E-state index contributed by atoms with van der Waals surface area (Å²) in [7, 11) is 0. The molecule has 1 aliphatic rings. The maximum Gasteiger partial charge on any atom is 0.337 e. The minimum atomic E-state index is -0.993. The average molecular weight is 221 g/mol. The zero-order chi connectivity index (χ0) is 11.7. The van der Waals surface area contributed by atoms with Crippen LogP contribution in [0.5, 0.6) is 0 Å². The van der Waals surface area contributed by atoms with Crippen molar-refractivity contribution in [3.63, 3.8) is 0 Å². The van der Waals surface area contributed by atoms with E-state index in [1.807, 2.05) is 0 Å². The Balaban J connectivity index is 2.21. The molecule has 4 heteroatoms. The molecular weight excluding hydrogens is 206 g/mol. The summed E-state index contributed by atoms with van der Waals surface area (Å²) >= 11 is 0. The topological polar surface area (TPSA) is 59.3 Å². The molecule has 0 bridgehead atoms. The lowest BCUT2D eigenvalue weighted by molar-refractivity contribution is 0.0695. The molecule has 0 aromatic carbocycles. The second kappa shape index (κ2) is 4.12. The molecule has 0 spiro atoms. The molecule has 86 valence electrons. The fourth-order valence-electron chi connectivity index (χ4n) is 1.93. The van der Waals surface area contributed by atoms with Gasteiger partial charge in [-0.15, -0.1) is 0 Å². The van der Waals surface area contributed by atoms with E-state index in [2.05, 4.69) is 6.92 Å². The Morgan fingerprint density at radius 3 is 2.81 bits per heavy atom. The van der Waals surface area contributed by atoms with Crippen LogP contribution in [0, 0.1) is 11.8 Å². The second-order valence-corrected chi connectivity index (χ2v) is 4.53. The van der Waals surface area contributed by atoms with Crippen molar-refractivity contribution in [1.82, 2.24) is 4.57 Å². The van der Waals surface area contributed by atoms with Crippen LogP contribution in [0.3, 0.4) is 0 Å². The molecule has 16 heavy (non-hydrogen) atoms. The smallest absolute Gasteiger partial charge is 0.337 e. The van der Waals surface area contributed by atoms with Crippen molar-refractivity contribution < 1.29 is 9.90 Å². The van der Waals surface area contributed by atoms with Crippen molar-refractivity contribution in [2.75, 3.05) is 0 Å². The maximum absolute atomic E-state index is 11.5. The molecule has 1 aromatic rings. The number of carboxylic acid groups (broad SMARTS) is 1. The Morgan fingerprint density at radius 2 is 2.25 bits per heavy atom. The van der Waals surface area contributed by atoms with Crippen LogP contribution in [-0.4, -0.2) is 15.6 Å². The minimum absolute atomic E-state index is 0.127. The molecule has 1 atom stereocenters. The summed E-state index contributed by atoms with van der Waals surface area (Å²) in [5.41, 5.74) is 0.0418. The Kier molecular flexibility index (Phi) is 2.81. The first-order valence-corrected chi connectivity index (χ1v) is 5.51. The lowest BCUT2D eigenvalue weighted by Gasteiger charge is -2.12. The van der Waals surface area contributed by atoms with Gasteiger partial charge in [0.2, 0.25) is 0 Å². The third kappa shape index (κ3) is 2.32. The molecule has 1 unspecified atom stereocenters. The Bertz CT molecular complexity index is 460. The van der Waals surface area contributed by atoms with Gasteiger partial charge in [0, 0.05) is 18.8 Å². The van der Waals surface area contributed by atoms with E-state index in [-0.39, 0.29) is 11.1 Å². The molecule has 1 saturated carbocycles. The lowest BCUT2D eigenvalue weighted by Crippen LogP contribution is -2.23. The normalized spacial score (nSPS) is 17.1. The molecule has 1 heterocycles. The largest absolute Gasteiger partial charge is 0.478 e. The molecule has 1 aliphatic carbocycles. The van der Waals surface area contributed by atoms with Crippen LogP contribution in [0.4, 0.5) is 0 Å². The van der Waals surface area contributed by atoms with Crippen molar-refractivity contribution >= 4 is 5.97 Å². The molecular formula is C12H15NO3. The van der Waals surface area contributed by atoms with Crippen molar-refractivity contribution in [1.29, 1.82) is 0 Å². The number of carboxylic acids is 1. The SMILES string of the molecule is CC(Cn1cc(C(=O)O)ccc1=O)C1CC1. The third-order valence-electron chi connectivity index (χ3n) is 3.14. The minimum Gasteiger partial charge on any atom is -0.478 e. The zero-order valence-corrected chi connectivity index (χ0v) is 9.22. The van der Waals surface area contributed by atoms with E-state index in [4.69, 9.17) is 5.11 Å². The summed E-state index contributed by atoms with van der Waals surface area (Å²) in [4.78, 5) is 22.3. The molecule has 1 fully saturated rings. The average Bonchev–Trinajstić information content (AvgIpc) is 3.04. The van der Waals surface area contributed by atoms with Gasteiger partial charge in [-0.05, 0) is 30.7 Å². The predicted octanol–water partition coefficient (Wildman–Crippen LogP) is 1.59. The summed E-state index contributed by atoms with van der Waals surface area (Å²) in [6.45, 7) is 2.72. The van der Waals surface area contributed by atoms with E-state index in [0.29, 0.717) is 18.4 Å². The molecule has 1 N–H and O–H groups in total. The van der Waals surface area contributed by atoms with Crippen molar-refractivity contribution in [3.8, 4) is 0 Å². The summed E-state index contributed by atoms with van der Waals surface area (Å²) in [6, 6.07) is 2.67. The first-order chi connectivity index (χ1) is 7.58. The quantitative estimate of drug-likeness (QED) is 0.840. The third-order valence-corrected chi connectivity index (χ3v) is 3.14. The van der Waals surface area contributed by atoms with Crippen LogP contribution in [0.25, 0.3) is 0 Å². The van der Waals surface area contributed by atoms with Crippen LogP contribution < -0.4 is 5.56 Å². The number of hydrogen-bond acceptors (Lipinski definition) is 2. The van der Waals surface area contributed by atoms with Gasteiger partial charge >= 0.3 is 5.97 Å². The first-order valence-electron chi connectivity index (χ1n) is 5.51. The molecule has 0 aliphatic heterocycles. The fraction of sp³-hybridized carbons (Fsp3) is 0.500. The van der Waals surface area contributed by atoms with E-state index >= 15 is 0 Å².